The van der Waals surface area contributed by atoms with Gasteiger partial charge in [0.1, 0.15) is 0 Å². The van der Waals surface area contributed by atoms with Gasteiger partial charge in [-0.25, -0.2) is 9.82 Å². The van der Waals surface area contributed by atoms with E-state index in [0.717, 1.165) is 16.8 Å². The highest BCUT2D eigenvalue weighted by Gasteiger charge is 2.09. The average molecular weight is 303 g/mol. The number of carbonyl (C=O) groups excluding carboxylic acids is 1. The summed E-state index contributed by atoms with van der Waals surface area (Å²) in [6, 6.07) is 5.92. The number of hydrogen-bond acceptors (Lipinski definition) is 3. The number of nitrogens with zero attached hydrogens (tertiary/aromatic N) is 1. The van der Waals surface area contributed by atoms with Crippen LogP contribution in [0.15, 0.2) is 35.6 Å². The van der Waals surface area contributed by atoms with E-state index in [1.165, 1.54) is 12.1 Å². The number of carbonyl (C=O) groups is 1. The summed E-state index contributed by atoms with van der Waals surface area (Å²) >= 11 is 0. The van der Waals surface area contributed by atoms with E-state index in [-0.39, 0.29) is 12.4 Å². The summed E-state index contributed by atoms with van der Waals surface area (Å²) < 4.78 is 18.4. The number of benzene rings is 1. The minimum atomic E-state index is -0.506. The lowest BCUT2D eigenvalue weighted by Crippen LogP contribution is -2.26. The smallest absolute Gasteiger partial charge is 0.277 e. The normalized spacial score (nSPS) is 11.4. The van der Waals surface area contributed by atoms with Gasteiger partial charge in [0.05, 0.1) is 5.71 Å². The van der Waals surface area contributed by atoms with E-state index in [0.29, 0.717) is 5.71 Å². The van der Waals surface area contributed by atoms with Crippen LogP contribution in [0.2, 0.25) is 0 Å². The molecule has 0 atom stereocenters. The van der Waals surface area contributed by atoms with Gasteiger partial charge in [-0.15, -0.1) is 0 Å². The van der Waals surface area contributed by atoms with E-state index in [1.54, 1.807) is 19.1 Å². The van der Waals surface area contributed by atoms with Crippen molar-refractivity contribution < 1.29 is 13.9 Å². The second kappa shape index (κ2) is 6.89. The molecule has 2 aromatic rings. The van der Waals surface area contributed by atoms with Crippen LogP contribution in [-0.2, 0) is 4.79 Å². The SMILES string of the molecule is C/C(=N\NC(=O)COc1ccccc1F)c1c(C)c[nH]c1C. The lowest BCUT2D eigenvalue weighted by Gasteiger charge is -2.06. The zero-order valence-corrected chi connectivity index (χ0v) is 12.7. The number of hydrogen-bond donors (Lipinski definition) is 2. The van der Waals surface area contributed by atoms with E-state index in [9.17, 15) is 9.18 Å². The molecule has 0 saturated heterocycles. The molecule has 5 nitrogen and oxygen atoms in total. The molecule has 1 heterocycles. The van der Waals surface area contributed by atoms with Crippen molar-refractivity contribution in [1.29, 1.82) is 0 Å². The molecule has 0 aliphatic carbocycles. The number of hydrazone groups is 1. The lowest BCUT2D eigenvalue weighted by molar-refractivity contribution is -0.123. The quantitative estimate of drug-likeness (QED) is 0.659. The summed E-state index contributed by atoms with van der Waals surface area (Å²) in [5.41, 5.74) is 6.09. The summed E-state index contributed by atoms with van der Waals surface area (Å²) in [5, 5.41) is 4.05. The molecular weight excluding hydrogens is 285 g/mol. The maximum absolute atomic E-state index is 13.3. The number of amides is 1. The Balaban J connectivity index is 1.93. The first-order chi connectivity index (χ1) is 10.5. The van der Waals surface area contributed by atoms with Gasteiger partial charge in [0.15, 0.2) is 18.2 Å². The summed E-state index contributed by atoms with van der Waals surface area (Å²) in [5.74, 6) is -0.919. The van der Waals surface area contributed by atoms with E-state index >= 15 is 0 Å². The number of aryl methyl sites for hydroxylation is 2. The van der Waals surface area contributed by atoms with Gasteiger partial charge in [-0.2, -0.15) is 5.10 Å². The molecule has 0 aliphatic heterocycles. The van der Waals surface area contributed by atoms with Gasteiger partial charge in [0.2, 0.25) is 0 Å². The van der Waals surface area contributed by atoms with Crippen LogP contribution >= 0.6 is 0 Å². The molecule has 6 heteroatoms. The van der Waals surface area contributed by atoms with Crippen LogP contribution in [0.5, 0.6) is 5.75 Å². The number of aromatic amines is 1. The molecule has 0 unspecified atom stereocenters. The van der Waals surface area contributed by atoms with E-state index in [1.807, 2.05) is 20.0 Å². The molecule has 0 saturated carbocycles. The molecule has 0 radical (unpaired) electrons. The average Bonchev–Trinajstić information content (AvgIpc) is 2.83. The fraction of sp³-hybridized carbons (Fsp3) is 0.250. The van der Waals surface area contributed by atoms with Crippen LogP contribution < -0.4 is 10.2 Å². The van der Waals surface area contributed by atoms with Gasteiger partial charge < -0.3 is 9.72 Å². The molecule has 2 rings (SSSR count). The van der Waals surface area contributed by atoms with Crippen molar-refractivity contribution in [2.45, 2.75) is 20.8 Å². The second-order valence-electron chi connectivity index (χ2n) is 4.92. The maximum Gasteiger partial charge on any atom is 0.277 e. The number of ether oxygens (including phenoxy) is 1. The molecule has 1 aromatic heterocycles. The summed E-state index contributed by atoms with van der Waals surface area (Å²) in [6.45, 7) is 5.40. The molecule has 2 N–H and O–H groups in total. The van der Waals surface area contributed by atoms with Crippen molar-refractivity contribution in [2.75, 3.05) is 6.61 Å². The minimum Gasteiger partial charge on any atom is -0.481 e. The molecule has 22 heavy (non-hydrogen) atoms. The Labute approximate surface area is 128 Å². The van der Waals surface area contributed by atoms with Crippen LogP contribution in [0, 0.1) is 19.7 Å². The Morgan fingerprint density at radius 1 is 1.36 bits per heavy atom. The van der Waals surface area contributed by atoms with E-state index in [4.69, 9.17) is 4.74 Å². The predicted octanol–water partition coefficient (Wildman–Crippen LogP) is 2.69. The van der Waals surface area contributed by atoms with E-state index in [2.05, 4.69) is 15.5 Å². The first-order valence-corrected chi connectivity index (χ1v) is 6.84. The first kappa shape index (κ1) is 15.8. The number of nitrogens with one attached hydrogen (secondary N) is 2. The van der Waals surface area contributed by atoms with Gasteiger partial charge in [0, 0.05) is 17.5 Å². The fourth-order valence-electron chi connectivity index (χ4n) is 2.15. The molecule has 0 bridgehead atoms. The van der Waals surface area contributed by atoms with Crippen LogP contribution in [0.3, 0.4) is 0 Å². The highest BCUT2D eigenvalue weighted by atomic mass is 19.1. The van der Waals surface area contributed by atoms with Crippen LogP contribution in [0.4, 0.5) is 4.39 Å². The Bertz CT molecular complexity index is 688. The minimum absolute atomic E-state index is 0.0377. The van der Waals surface area contributed by atoms with Gasteiger partial charge in [0.25, 0.3) is 5.91 Å². The zero-order valence-electron chi connectivity index (χ0n) is 12.7. The summed E-state index contributed by atoms with van der Waals surface area (Å²) in [6.07, 6.45) is 1.88. The second-order valence-corrected chi connectivity index (χ2v) is 4.92. The van der Waals surface area contributed by atoms with Crippen molar-refractivity contribution in [3.05, 3.63) is 53.1 Å². The maximum atomic E-state index is 13.3. The molecular formula is C16H18FN3O2. The van der Waals surface area contributed by atoms with Crippen molar-refractivity contribution >= 4 is 11.6 Å². The largest absolute Gasteiger partial charge is 0.481 e. The molecule has 116 valence electrons. The molecule has 1 amide bonds. The number of H-pyrrole nitrogens is 1. The van der Waals surface area contributed by atoms with Gasteiger partial charge in [-0.05, 0) is 38.5 Å². The van der Waals surface area contributed by atoms with Crippen LogP contribution in [0.1, 0.15) is 23.7 Å². The predicted molar refractivity (Wildman–Crippen MR) is 82.5 cm³/mol. The highest BCUT2D eigenvalue weighted by Crippen LogP contribution is 2.15. The third-order valence-corrected chi connectivity index (χ3v) is 3.18. The fourth-order valence-corrected chi connectivity index (χ4v) is 2.15. The Morgan fingerprint density at radius 2 is 2.09 bits per heavy atom. The van der Waals surface area contributed by atoms with Gasteiger partial charge >= 0.3 is 0 Å². The van der Waals surface area contributed by atoms with Crippen molar-refractivity contribution in [3.63, 3.8) is 0 Å². The number of halogens is 1. The lowest BCUT2D eigenvalue weighted by atomic mass is 10.1. The number of para-hydroxylation sites is 1. The van der Waals surface area contributed by atoms with Crippen LogP contribution in [0.25, 0.3) is 0 Å². The summed E-state index contributed by atoms with van der Waals surface area (Å²) in [7, 11) is 0. The first-order valence-electron chi connectivity index (χ1n) is 6.84. The van der Waals surface area contributed by atoms with Crippen molar-refractivity contribution in [2.24, 2.45) is 5.10 Å². The Kier molecular flexibility index (Phi) is 4.93. The molecule has 0 fully saturated rings. The third kappa shape index (κ3) is 3.72. The number of aromatic nitrogens is 1. The molecule has 0 aliphatic rings. The monoisotopic (exact) mass is 303 g/mol. The molecule has 1 aromatic carbocycles. The van der Waals surface area contributed by atoms with Crippen molar-refractivity contribution in [3.8, 4) is 5.75 Å². The Hall–Kier alpha value is -2.63. The highest BCUT2D eigenvalue weighted by molar-refractivity contribution is 6.01. The Morgan fingerprint density at radius 3 is 2.73 bits per heavy atom. The molecule has 0 spiro atoms. The van der Waals surface area contributed by atoms with E-state index < -0.39 is 11.7 Å². The topological polar surface area (TPSA) is 66.5 Å². The standard InChI is InChI=1S/C16H18FN3O2/c1-10-8-18-11(2)16(10)12(3)19-20-15(21)9-22-14-7-5-4-6-13(14)17/h4-8,18H,9H2,1-3H3,(H,20,21)/b19-12+. The zero-order chi connectivity index (χ0) is 16.1. The number of rotatable bonds is 5. The van der Waals surface area contributed by atoms with Crippen molar-refractivity contribution in [1.82, 2.24) is 10.4 Å². The van der Waals surface area contributed by atoms with Crippen LogP contribution in [-0.4, -0.2) is 23.2 Å². The third-order valence-electron chi connectivity index (χ3n) is 3.18. The van der Waals surface area contributed by atoms with Gasteiger partial charge in [-0.3, -0.25) is 4.79 Å². The van der Waals surface area contributed by atoms with Gasteiger partial charge in [-0.1, -0.05) is 12.1 Å². The summed E-state index contributed by atoms with van der Waals surface area (Å²) in [4.78, 5) is 14.8.